The van der Waals surface area contributed by atoms with Crippen LogP contribution < -0.4 is 0 Å². The summed E-state index contributed by atoms with van der Waals surface area (Å²) >= 11 is 0. The van der Waals surface area contributed by atoms with Crippen LogP contribution in [0.15, 0.2) is 24.3 Å². The second-order valence-corrected chi connectivity index (χ2v) is 4.85. The van der Waals surface area contributed by atoms with E-state index >= 15 is 0 Å². The van der Waals surface area contributed by atoms with E-state index in [-0.39, 0.29) is 12.0 Å². The van der Waals surface area contributed by atoms with Gasteiger partial charge in [0, 0.05) is 19.1 Å². The van der Waals surface area contributed by atoms with Crippen molar-refractivity contribution >= 4 is 11.9 Å². The van der Waals surface area contributed by atoms with Gasteiger partial charge in [0.1, 0.15) is 0 Å². The quantitative estimate of drug-likeness (QED) is 0.784. The Kier molecular flexibility index (Phi) is 4.16. The zero-order chi connectivity index (χ0) is 13.8. The van der Waals surface area contributed by atoms with E-state index in [1.807, 2.05) is 6.07 Å². The second kappa shape index (κ2) is 5.84. The molecule has 2 rings (SSSR count). The largest absolute Gasteiger partial charge is 0.481 e. The molecule has 0 atom stereocenters. The summed E-state index contributed by atoms with van der Waals surface area (Å²) in [6.45, 7) is 1.12. The molecule has 0 bridgehead atoms. The van der Waals surface area contributed by atoms with Crippen molar-refractivity contribution in [3.63, 3.8) is 0 Å². The summed E-state index contributed by atoms with van der Waals surface area (Å²) in [6, 6.07) is 7.26. The fourth-order valence-corrected chi connectivity index (χ4v) is 2.11. The molecule has 2 N–H and O–H groups in total. The van der Waals surface area contributed by atoms with E-state index < -0.39 is 11.9 Å². The zero-order valence-corrected chi connectivity index (χ0v) is 10.6. The highest BCUT2D eigenvalue weighted by Gasteiger charge is 2.29. The number of aliphatic carboxylic acids is 1. The average molecular weight is 263 g/mol. The van der Waals surface area contributed by atoms with Crippen LogP contribution in [0, 0.1) is 0 Å². The first-order chi connectivity index (χ1) is 9.06. The lowest BCUT2D eigenvalue weighted by molar-refractivity contribution is -0.137. The highest BCUT2D eigenvalue weighted by atomic mass is 16.4. The molecular formula is C14H17NO4. The summed E-state index contributed by atoms with van der Waals surface area (Å²) < 4.78 is 0. The zero-order valence-electron chi connectivity index (χ0n) is 10.6. The van der Waals surface area contributed by atoms with Gasteiger partial charge in [0.15, 0.2) is 0 Å². The lowest BCUT2D eigenvalue weighted by Gasteiger charge is -2.21. The van der Waals surface area contributed by atoms with Crippen LogP contribution in [-0.4, -0.2) is 39.6 Å². The van der Waals surface area contributed by atoms with Crippen LogP contribution in [0.2, 0.25) is 0 Å². The Morgan fingerprint density at radius 1 is 1.26 bits per heavy atom. The number of carboxylic acid groups (broad SMARTS) is 2. The van der Waals surface area contributed by atoms with E-state index in [1.54, 1.807) is 18.2 Å². The monoisotopic (exact) mass is 263 g/mol. The number of carboxylic acids is 2. The highest BCUT2D eigenvalue weighted by Crippen LogP contribution is 2.28. The van der Waals surface area contributed by atoms with Crippen LogP contribution in [0.1, 0.15) is 35.2 Å². The van der Waals surface area contributed by atoms with Gasteiger partial charge < -0.3 is 10.2 Å². The van der Waals surface area contributed by atoms with Gasteiger partial charge in [-0.1, -0.05) is 12.1 Å². The highest BCUT2D eigenvalue weighted by molar-refractivity contribution is 5.87. The first kappa shape index (κ1) is 13.5. The van der Waals surface area contributed by atoms with Crippen molar-refractivity contribution in [3.8, 4) is 0 Å². The van der Waals surface area contributed by atoms with Crippen LogP contribution in [-0.2, 0) is 11.3 Å². The Labute approximate surface area is 111 Å². The fourth-order valence-electron chi connectivity index (χ4n) is 2.11. The molecule has 0 heterocycles. The molecule has 1 aliphatic carbocycles. The maximum Gasteiger partial charge on any atom is 0.335 e. The Morgan fingerprint density at radius 3 is 2.58 bits per heavy atom. The molecule has 1 aliphatic rings. The molecule has 1 aromatic carbocycles. The average Bonchev–Trinajstić information content (AvgIpc) is 3.18. The molecule has 5 heteroatoms. The Balaban J connectivity index is 2.02. The molecule has 102 valence electrons. The smallest absolute Gasteiger partial charge is 0.335 e. The number of carbonyl (C=O) groups is 2. The molecule has 0 amide bonds. The molecule has 0 aromatic heterocycles. The standard InChI is InChI=1S/C14H17NO4/c16-13(17)6-7-15(12-4-5-12)9-10-2-1-3-11(8-10)14(18)19/h1-3,8,12H,4-7,9H2,(H,16,17)(H,18,19). The Bertz CT molecular complexity index is 482. The number of rotatable bonds is 7. The van der Waals surface area contributed by atoms with E-state index in [4.69, 9.17) is 10.2 Å². The predicted octanol–water partition coefficient (Wildman–Crippen LogP) is 1.82. The summed E-state index contributed by atoms with van der Waals surface area (Å²) in [5.41, 5.74) is 1.18. The second-order valence-electron chi connectivity index (χ2n) is 4.85. The molecule has 0 radical (unpaired) electrons. The van der Waals surface area contributed by atoms with Gasteiger partial charge in [0.2, 0.25) is 0 Å². The molecular weight excluding hydrogens is 246 g/mol. The van der Waals surface area contributed by atoms with Crippen molar-refractivity contribution < 1.29 is 19.8 Å². The summed E-state index contributed by atoms with van der Waals surface area (Å²) in [4.78, 5) is 23.7. The van der Waals surface area contributed by atoms with Crippen molar-refractivity contribution in [3.05, 3.63) is 35.4 Å². The summed E-state index contributed by atoms with van der Waals surface area (Å²) in [5.74, 6) is -1.74. The van der Waals surface area contributed by atoms with Crippen LogP contribution in [0.25, 0.3) is 0 Å². The minimum absolute atomic E-state index is 0.120. The topological polar surface area (TPSA) is 77.8 Å². The molecule has 1 fully saturated rings. The van der Waals surface area contributed by atoms with Gasteiger partial charge in [-0.05, 0) is 30.5 Å². The van der Waals surface area contributed by atoms with Gasteiger partial charge >= 0.3 is 11.9 Å². The number of aromatic carboxylic acids is 1. The maximum absolute atomic E-state index is 10.9. The van der Waals surface area contributed by atoms with Crippen LogP contribution in [0.5, 0.6) is 0 Å². The van der Waals surface area contributed by atoms with Crippen molar-refractivity contribution in [2.24, 2.45) is 0 Å². The SMILES string of the molecule is O=C(O)CCN(Cc1cccc(C(=O)O)c1)C1CC1. The number of hydrogen-bond acceptors (Lipinski definition) is 3. The first-order valence-electron chi connectivity index (χ1n) is 6.34. The van der Waals surface area contributed by atoms with E-state index in [0.717, 1.165) is 18.4 Å². The Morgan fingerprint density at radius 2 is 2.00 bits per heavy atom. The van der Waals surface area contributed by atoms with Gasteiger partial charge in [-0.3, -0.25) is 9.69 Å². The lowest BCUT2D eigenvalue weighted by atomic mass is 10.1. The molecule has 1 saturated carbocycles. The molecule has 0 spiro atoms. The number of hydrogen-bond donors (Lipinski definition) is 2. The normalized spacial score (nSPS) is 14.6. The van der Waals surface area contributed by atoms with E-state index in [0.29, 0.717) is 19.1 Å². The molecule has 5 nitrogen and oxygen atoms in total. The van der Waals surface area contributed by atoms with Gasteiger partial charge in [0.05, 0.1) is 12.0 Å². The summed E-state index contributed by atoms with van der Waals surface area (Å²) in [7, 11) is 0. The maximum atomic E-state index is 10.9. The van der Waals surface area contributed by atoms with Crippen LogP contribution >= 0.6 is 0 Å². The van der Waals surface area contributed by atoms with Crippen LogP contribution in [0.4, 0.5) is 0 Å². The lowest BCUT2D eigenvalue weighted by Crippen LogP contribution is -2.28. The van der Waals surface area contributed by atoms with Crippen molar-refractivity contribution in [2.75, 3.05) is 6.54 Å². The van der Waals surface area contributed by atoms with Crippen molar-refractivity contribution in [2.45, 2.75) is 31.8 Å². The number of benzene rings is 1. The van der Waals surface area contributed by atoms with Crippen molar-refractivity contribution in [1.82, 2.24) is 4.90 Å². The minimum atomic E-state index is -0.939. The third-order valence-electron chi connectivity index (χ3n) is 3.24. The molecule has 1 aromatic rings. The summed E-state index contributed by atoms with van der Waals surface area (Å²) in [6.07, 6.45) is 2.31. The van der Waals surface area contributed by atoms with E-state index in [9.17, 15) is 9.59 Å². The molecule has 19 heavy (non-hydrogen) atoms. The van der Waals surface area contributed by atoms with Crippen LogP contribution in [0.3, 0.4) is 0 Å². The van der Waals surface area contributed by atoms with Gasteiger partial charge in [-0.2, -0.15) is 0 Å². The van der Waals surface area contributed by atoms with E-state index in [2.05, 4.69) is 4.90 Å². The fraction of sp³-hybridized carbons (Fsp3) is 0.429. The minimum Gasteiger partial charge on any atom is -0.481 e. The number of nitrogens with zero attached hydrogens (tertiary/aromatic N) is 1. The Hall–Kier alpha value is -1.88. The van der Waals surface area contributed by atoms with Gasteiger partial charge in [0.25, 0.3) is 0 Å². The van der Waals surface area contributed by atoms with Gasteiger partial charge in [-0.25, -0.2) is 4.79 Å². The van der Waals surface area contributed by atoms with E-state index in [1.165, 1.54) is 0 Å². The third-order valence-corrected chi connectivity index (χ3v) is 3.24. The van der Waals surface area contributed by atoms with Gasteiger partial charge in [-0.15, -0.1) is 0 Å². The molecule has 0 aliphatic heterocycles. The summed E-state index contributed by atoms with van der Waals surface area (Å²) in [5, 5.41) is 17.7. The molecule has 0 unspecified atom stereocenters. The first-order valence-corrected chi connectivity index (χ1v) is 6.34. The van der Waals surface area contributed by atoms with Crippen molar-refractivity contribution in [1.29, 1.82) is 0 Å². The predicted molar refractivity (Wildman–Crippen MR) is 69.1 cm³/mol. The molecule has 0 saturated heterocycles. The third kappa shape index (κ3) is 4.06.